The Kier molecular flexibility index (Phi) is 5.79. The lowest BCUT2D eigenvalue weighted by Crippen LogP contribution is -2.41. The lowest BCUT2D eigenvalue weighted by molar-refractivity contribution is -0.385. The van der Waals surface area contributed by atoms with Crippen LogP contribution in [0.25, 0.3) is 0 Å². The van der Waals surface area contributed by atoms with Crippen LogP contribution < -0.4 is 5.43 Å². The average molecular weight is 318 g/mol. The highest BCUT2D eigenvalue weighted by Gasteiger charge is 2.22. The summed E-state index contributed by atoms with van der Waals surface area (Å²) < 4.78 is 0. The number of para-hydroxylation sites is 1. The van der Waals surface area contributed by atoms with E-state index in [0.29, 0.717) is 13.1 Å². The van der Waals surface area contributed by atoms with Gasteiger partial charge >= 0.3 is 11.8 Å². The summed E-state index contributed by atoms with van der Waals surface area (Å²) in [5, 5.41) is 14.5. The van der Waals surface area contributed by atoms with Gasteiger partial charge in [-0.05, 0) is 18.9 Å². The van der Waals surface area contributed by atoms with E-state index in [1.54, 1.807) is 6.07 Å². The second kappa shape index (κ2) is 8.02. The van der Waals surface area contributed by atoms with Crippen LogP contribution in [0.4, 0.5) is 5.69 Å². The van der Waals surface area contributed by atoms with E-state index < -0.39 is 16.7 Å². The number of amides is 2. The van der Waals surface area contributed by atoms with E-state index >= 15 is 0 Å². The van der Waals surface area contributed by atoms with Crippen LogP contribution in [0.1, 0.15) is 31.2 Å². The zero-order valence-corrected chi connectivity index (χ0v) is 12.6. The molecule has 2 rings (SSSR count). The zero-order chi connectivity index (χ0) is 16.7. The first-order valence-electron chi connectivity index (χ1n) is 7.45. The van der Waals surface area contributed by atoms with Crippen LogP contribution in [0.2, 0.25) is 0 Å². The minimum absolute atomic E-state index is 0.121. The fourth-order valence-corrected chi connectivity index (χ4v) is 2.39. The van der Waals surface area contributed by atoms with E-state index in [1.165, 1.54) is 23.1 Å². The number of carbonyl (C=O) groups is 2. The Balaban J connectivity index is 1.95. The predicted octanol–water partition coefficient (Wildman–Crippen LogP) is 1.45. The summed E-state index contributed by atoms with van der Waals surface area (Å²) in [6.45, 7) is 1.14. The molecule has 8 nitrogen and oxygen atoms in total. The molecule has 0 saturated carbocycles. The van der Waals surface area contributed by atoms with Gasteiger partial charge in [-0.25, -0.2) is 5.43 Å². The largest absolute Gasteiger partial charge is 0.334 e. The molecule has 8 heteroatoms. The maximum atomic E-state index is 12.0. The fraction of sp³-hybridized carbons (Fsp3) is 0.400. The third-order valence-corrected chi connectivity index (χ3v) is 3.59. The number of rotatable bonds is 3. The van der Waals surface area contributed by atoms with E-state index in [4.69, 9.17) is 0 Å². The van der Waals surface area contributed by atoms with Gasteiger partial charge in [-0.1, -0.05) is 25.0 Å². The number of hydrogen-bond donors (Lipinski definition) is 1. The first kappa shape index (κ1) is 16.6. The molecular formula is C15H18N4O4. The van der Waals surface area contributed by atoms with Gasteiger partial charge in [-0.3, -0.25) is 19.7 Å². The number of hydrazone groups is 1. The van der Waals surface area contributed by atoms with Crippen LogP contribution in [-0.4, -0.2) is 40.9 Å². The third kappa shape index (κ3) is 4.60. The number of benzene rings is 1. The molecule has 0 bridgehead atoms. The number of carbonyl (C=O) groups excluding carboxylic acids is 2. The van der Waals surface area contributed by atoms with Crippen LogP contribution in [0, 0.1) is 10.1 Å². The maximum absolute atomic E-state index is 12.0. The van der Waals surface area contributed by atoms with Gasteiger partial charge in [0, 0.05) is 19.2 Å². The average Bonchev–Trinajstić information content (AvgIpc) is 2.83. The van der Waals surface area contributed by atoms with Crippen LogP contribution in [-0.2, 0) is 9.59 Å². The highest BCUT2D eigenvalue weighted by atomic mass is 16.6. The molecule has 1 aliphatic heterocycles. The van der Waals surface area contributed by atoms with Gasteiger partial charge in [0.25, 0.3) is 5.69 Å². The SMILES string of the molecule is O=C(N/N=C\c1ccccc1[N+](=O)[O-])C(=O)N1CCCCCC1. The number of likely N-dealkylation sites (tertiary alicyclic amines) is 1. The zero-order valence-electron chi connectivity index (χ0n) is 12.6. The van der Waals surface area contributed by atoms with Crippen molar-refractivity contribution in [2.45, 2.75) is 25.7 Å². The number of nitrogens with zero attached hydrogens (tertiary/aromatic N) is 3. The predicted molar refractivity (Wildman–Crippen MR) is 83.9 cm³/mol. The Hall–Kier alpha value is -2.77. The Bertz CT molecular complexity index is 622. The van der Waals surface area contributed by atoms with Gasteiger partial charge in [0.05, 0.1) is 16.7 Å². The molecule has 1 aliphatic rings. The van der Waals surface area contributed by atoms with E-state index in [0.717, 1.165) is 31.9 Å². The van der Waals surface area contributed by atoms with Crippen LogP contribution in [0.5, 0.6) is 0 Å². The van der Waals surface area contributed by atoms with Crippen molar-refractivity contribution in [2.24, 2.45) is 5.10 Å². The lowest BCUT2D eigenvalue weighted by Gasteiger charge is -2.18. The number of nitro benzene ring substituents is 1. The second-order valence-electron chi connectivity index (χ2n) is 5.22. The highest BCUT2D eigenvalue weighted by molar-refractivity contribution is 6.35. The van der Waals surface area contributed by atoms with Gasteiger partial charge in [0.15, 0.2) is 0 Å². The van der Waals surface area contributed by atoms with E-state index in [-0.39, 0.29) is 11.3 Å². The summed E-state index contributed by atoms with van der Waals surface area (Å²) in [6, 6.07) is 6.01. The molecule has 0 aromatic heterocycles. The normalized spacial score (nSPS) is 15.2. The number of nitrogens with one attached hydrogen (secondary N) is 1. The molecule has 2 amide bonds. The highest BCUT2D eigenvalue weighted by Crippen LogP contribution is 2.15. The topological polar surface area (TPSA) is 105 Å². The molecule has 0 aliphatic carbocycles. The molecule has 122 valence electrons. The Morgan fingerprint density at radius 3 is 2.48 bits per heavy atom. The maximum Gasteiger partial charge on any atom is 0.329 e. The van der Waals surface area contributed by atoms with Crippen LogP contribution >= 0.6 is 0 Å². The minimum atomic E-state index is -0.832. The first-order valence-corrected chi connectivity index (χ1v) is 7.45. The van der Waals surface area contributed by atoms with Gasteiger partial charge in [0.1, 0.15) is 0 Å². The summed E-state index contributed by atoms with van der Waals surface area (Å²) in [4.78, 5) is 35.7. The molecule has 1 saturated heterocycles. The quantitative estimate of drug-likeness (QED) is 0.394. The molecular weight excluding hydrogens is 300 g/mol. The number of nitro groups is 1. The third-order valence-electron chi connectivity index (χ3n) is 3.59. The van der Waals surface area contributed by atoms with Crippen molar-refractivity contribution in [1.29, 1.82) is 0 Å². The van der Waals surface area contributed by atoms with E-state index in [1.807, 2.05) is 0 Å². The molecule has 1 aromatic carbocycles. The molecule has 0 atom stereocenters. The molecule has 1 fully saturated rings. The van der Waals surface area contributed by atoms with Gasteiger partial charge < -0.3 is 4.90 Å². The minimum Gasteiger partial charge on any atom is -0.334 e. The Labute approximate surface area is 133 Å². The standard InChI is InChI=1S/C15H18N4O4/c20-14(15(21)18-9-5-1-2-6-10-18)17-16-11-12-7-3-4-8-13(12)19(22)23/h3-4,7-8,11H,1-2,5-6,9-10H2,(H,17,20)/b16-11-. The van der Waals surface area contributed by atoms with Crippen molar-refractivity contribution in [3.8, 4) is 0 Å². The van der Waals surface area contributed by atoms with Crippen molar-refractivity contribution < 1.29 is 14.5 Å². The van der Waals surface area contributed by atoms with Crippen LogP contribution in [0.15, 0.2) is 29.4 Å². The summed E-state index contributed by atoms with van der Waals surface area (Å²) in [7, 11) is 0. The fourth-order valence-electron chi connectivity index (χ4n) is 2.39. The smallest absolute Gasteiger partial charge is 0.329 e. The number of hydrogen-bond acceptors (Lipinski definition) is 5. The first-order chi connectivity index (χ1) is 11.1. The monoisotopic (exact) mass is 318 g/mol. The van der Waals surface area contributed by atoms with Crippen molar-refractivity contribution >= 4 is 23.7 Å². The van der Waals surface area contributed by atoms with Gasteiger partial charge in [-0.2, -0.15) is 5.10 Å². The van der Waals surface area contributed by atoms with E-state index in [2.05, 4.69) is 10.5 Å². The van der Waals surface area contributed by atoms with E-state index in [9.17, 15) is 19.7 Å². The molecule has 1 aromatic rings. The second-order valence-corrected chi connectivity index (χ2v) is 5.22. The summed E-state index contributed by atoms with van der Waals surface area (Å²) in [6.07, 6.45) is 5.05. The summed E-state index contributed by atoms with van der Waals surface area (Å²) in [5.74, 6) is -1.45. The summed E-state index contributed by atoms with van der Waals surface area (Å²) >= 11 is 0. The van der Waals surface area contributed by atoms with Gasteiger partial charge in [0.2, 0.25) is 0 Å². The van der Waals surface area contributed by atoms with Crippen molar-refractivity contribution in [1.82, 2.24) is 10.3 Å². The Morgan fingerprint density at radius 1 is 1.17 bits per heavy atom. The molecule has 1 N–H and O–H groups in total. The molecule has 0 radical (unpaired) electrons. The van der Waals surface area contributed by atoms with Crippen molar-refractivity contribution in [2.75, 3.05) is 13.1 Å². The lowest BCUT2D eigenvalue weighted by atomic mass is 10.2. The molecule has 0 unspecified atom stereocenters. The Morgan fingerprint density at radius 2 is 1.83 bits per heavy atom. The van der Waals surface area contributed by atoms with Crippen molar-refractivity contribution in [3.05, 3.63) is 39.9 Å². The van der Waals surface area contributed by atoms with Gasteiger partial charge in [-0.15, -0.1) is 0 Å². The van der Waals surface area contributed by atoms with Crippen LogP contribution in [0.3, 0.4) is 0 Å². The van der Waals surface area contributed by atoms with Crippen molar-refractivity contribution in [3.63, 3.8) is 0 Å². The summed E-state index contributed by atoms with van der Waals surface area (Å²) in [5.41, 5.74) is 2.26. The molecule has 23 heavy (non-hydrogen) atoms. The molecule has 0 spiro atoms. The molecule has 1 heterocycles.